The number of carbonyl (C=O) groups is 1. The van der Waals surface area contributed by atoms with Crippen LogP contribution in [-0.4, -0.2) is 26.3 Å². The average molecular weight is 388 g/mol. The molecule has 5 nitrogen and oxygen atoms in total. The lowest BCUT2D eigenvalue weighted by atomic mass is 9.75. The van der Waals surface area contributed by atoms with Crippen LogP contribution >= 0.6 is 10.7 Å². The number of rotatable bonds is 7. The van der Waals surface area contributed by atoms with Crippen LogP contribution in [0.4, 0.5) is 4.79 Å². The van der Waals surface area contributed by atoms with Crippen LogP contribution < -0.4 is 5.32 Å². The predicted octanol–water partition coefficient (Wildman–Crippen LogP) is 4.07. The van der Waals surface area contributed by atoms with Crippen molar-refractivity contribution in [1.29, 1.82) is 0 Å². The molecule has 0 aromatic heterocycles. The molecule has 0 bridgehead atoms. The topological polar surface area (TPSA) is 72.5 Å². The highest BCUT2D eigenvalue weighted by atomic mass is 35.7. The van der Waals surface area contributed by atoms with E-state index in [0.717, 1.165) is 31.2 Å². The van der Waals surface area contributed by atoms with Crippen LogP contribution in [0.5, 0.6) is 0 Å². The van der Waals surface area contributed by atoms with Crippen molar-refractivity contribution in [1.82, 2.24) is 5.32 Å². The zero-order valence-corrected chi connectivity index (χ0v) is 16.3. The molecule has 2 rings (SSSR count). The Morgan fingerprint density at radius 3 is 2.36 bits per heavy atom. The Morgan fingerprint density at radius 1 is 1.24 bits per heavy atom. The van der Waals surface area contributed by atoms with Crippen LogP contribution in [0.25, 0.3) is 0 Å². The van der Waals surface area contributed by atoms with Crippen molar-refractivity contribution in [2.45, 2.75) is 52.2 Å². The third-order valence-corrected chi connectivity index (χ3v) is 6.12. The van der Waals surface area contributed by atoms with E-state index in [9.17, 15) is 13.2 Å². The first-order chi connectivity index (χ1) is 11.7. The monoisotopic (exact) mass is 387 g/mol. The summed E-state index contributed by atoms with van der Waals surface area (Å²) in [6.07, 6.45) is 2.83. The second-order valence-electron chi connectivity index (χ2n) is 7.18. The highest BCUT2D eigenvalue weighted by Crippen LogP contribution is 2.45. The minimum Gasteiger partial charge on any atom is -0.445 e. The van der Waals surface area contributed by atoms with Gasteiger partial charge in [0.1, 0.15) is 6.61 Å². The minimum atomic E-state index is -3.66. The molecule has 1 aliphatic carbocycles. The van der Waals surface area contributed by atoms with Gasteiger partial charge in [0.25, 0.3) is 0 Å². The summed E-state index contributed by atoms with van der Waals surface area (Å²) >= 11 is 0. The van der Waals surface area contributed by atoms with Crippen molar-refractivity contribution in [3.8, 4) is 0 Å². The highest BCUT2D eigenvalue weighted by Gasteiger charge is 2.46. The van der Waals surface area contributed by atoms with Gasteiger partial charge in [-0.15, -0.1) is 0 Å². The number of amides is 1. The number of ether oxygens (including phenoxy) is 1. The van der Waals surface area contributed by atoms with Gasteiger partial charge in [0.15, 0.2) is 0 Å². The van der Waals surface area contributed by atoms with Gasteiger partial charge < -0.3 is 10.1 Å². The van der Waals surface area contributed by atoms with Crippen LogP contribution in [0, 0.1) is 11.3 Å². The third kappa shape index (κ3) is 5.89. The Hall–Kier alpha value is -1.27. The average Bonchev–Trinajstić information content (AvgIpc) is 2.98. The normalized spacial score (nSPS) is 18.1. The number of benzene rings is 1. The van der Waals surface area contributed by atoms with E-state index in [4.69, 9.17) is 15.4 Å². The largest absolute Gasteiger partial charge is 0.445 e. The Labute approximate surface area is 154 Å². The maximum atomic E-state index is 12.3. The summed E-state index contributed by atoms with van der Waals surface area (Å²) in [4.78, 5) is 12.3. The molecule has 7 heteroatoms. The molecule has 0 aliphatic heterocycles. The molecular formula is C18H26ClNO4S. The van der Waals surface area contributed by atoms with Crippen molar-refractivity contribution in [3.63, 3.8) is 0 Å². The number of nitrogens with one attached hydrogen (secondary N) is 1. The Kier molecular flexibility index (Phi) is 6.74. The number of halogens is 1. The summed E-state index contributed by atoms with van der Waals surface area (Å²) in [6.45, 7) is 4.13. The van der Waals surface area contributed by atoms with Gasteiger partial charge in [0.2, 0.25) is 9.05 Å². The fourth-order valence-electron chi connectivity index (χ4n) is 3.89. The molecule has 0 heterocycles. The molecule has 140 valence electrons. The maximum Gasteiger partial charge on any atom is 0.407 e. The van der Waals surface area contributed by atoms with Gasteiger partial charge in [-0.25, -0.2) is 13.2 Å². The van der Waals surface area contributed by atoms with Crippen molar-refractivity contribution in [2.75, 3.05) is 5.75 Å². The molecule has 1 aromatic carbocycles. The molecule has 25 heavy (non-hydrogen) atoms. The van der Waals surface area contributed by atoms with E-state index in [1.165, 1.54) is 0 Å². The smallest absolute Gasteiger partial charge is 0.407 e. The van der Waals surface area contributed by atoms with Crippen LogP contribution in [0.2, 0.25) is 0 Å². The highest BCUT2D eigenvalue weighted by molar-refractivity contribution is 8.13. The Morgan fingerprint density at radius 2 is 1.84 bits per heavy atom. The Balaban J connectivity index is 2.07. The first kappa shape index (κ1) is 20.0. The molecule has 0 radical (unpaired) electrons. The van der Waals surface area contributed by atoms with E-state index in [2.05, 4.69) is 5.32 Å². The van der Waals surface area contributed by atoms with E-state index < -0.39 is 20.6 Å². The predicted molar refractivity (Wildman–Crippen MR) is 98.9 cm³/mol. The van der Waals surface area contributed by atoms with Gasteiger partial charge in [-0.3, -0.25) is 0 Å². The lowest BCUT2D eigenvalue weighted by molar-refractivity contribution is 0.111. The summed E-state index contributed by atoms with van der Waals surface area (Å²) < 4.78 is 28.8. The molecule has 0 spiro atoms. The molecule has 1 fully saturated rings. The zero-order chi connectivity index (χ0) is 18.5. The number of hydrogen-bond donors (Lipinski definition) is 1. The molecule has 1 atom stereocenters. The van der Waals surface area contributed by atoms with E-state index in [0.29, 0.717) is 0 Å². The van der Waals surface area contributed by atoms with E-state index in [-0.39, 0.29) is 24.3 Å². The van der Waals surface area contributed by atoms with E-state index in [1.807, 2.05) is 44.2 Å². The van der Waals surface area contributed by atoms with Crippen LogP contribution in [0.15, 0.2) is 30.3 Å². The molecule has 0 saturated heterocycles. The fourth-order valence-corrected chi connectivity index (χ4v) is 5.69. The molecule has 1 saturated carbocycles. The second-order valence-corrected chi connectivity index (χ2v) is 9.96. The number of carbonyl (C=O) groups excluding carboxylic acids is 1. The molecule has 1 aliphatic rings. The van der Waals surface area contributed by atoms with Gasteiger partial charge in [0.05, 0.1) is 5.75 Å². The SMILES string of the molecule is CC(C)C(NC(=O)OCc1ccccc1)C1(CS(=O)(=O)Cl)CCCC1. The van der Waals surface area contributed by atoms with Crippen molar-refractivity contribution >= 4 is 25.8 Å². The van der Waals surface area contributed by atoms with Crippen molar-refractivity contribution in [2.24, 2.45) is 11.3 Å². The van der Waals surface area contributed by atoms with E-state index >= 15 is 0 Å². The zero-order valence-electron chi connectivity index (χ0n) is 14.7. The standard InChI is InChI=1S/C18H26ClNO4S/c1-14(2)16(18(10-6-7-11-18)13-25(19,22)23)20-17(21)24-12-15-8-4-3-5-9-15/h3-5,8-9,14,16H,6-7,10-13H2,1-2H3,(H,20,21). The van der Waals surface area contributed by atoms with Crippen molar-refractivity contribution < 1.29 is 17.9 Å². The lowest BCUT2D eigenvalue weighted by Crippen LogP contribution is -2.52. The summed E-state index contributed by atoms with van der Waals surface area (Å²) in [6, 6.07) is 9.12. The lowest BCUT2D eigenvalue weighted by Gasteiger charge is -2.39. The fraction of sp³-hybridized carbons (Fsp3) is 0.611. The third-order valence-electron chi connectivity index (χ3n) is 4.87. The molecule has 1 aromatic rings. The summed E-state index contributed by atoms with van der Waals surface area (Å²) in [5, 5.41) is 2.91. The minimum absolute atomic E-state index is 0.0702. The van der Waals surface area contributed by atoms with Gasteiger partial charge in [0, 0.05) is 22.1 Å². The van der Waals surface area contributed by atoms with Gasteiger partial charge in [-0.2, -0.15) is 0 Å². The second kappa shape index (κ2) is 8.41. The molecule has 1 amide bonds. The van der Waals surface area contributed by atoms with Crippen LogP contribution in [0.3, 0.4) is 0 Å². The van der Waals surface area contributed by atoms with Crippen LogP contribution in [-0.2, 0) is 20.4 Å². The first-order valence-corrected chi connectivity index (χ1v) is 11.1. The maximum absolute atomic E-state index is 12.3. The summed E-state index contributed by atoms with van der Waals surface area (Å²) in [7, 11) is 1.90. The first-order valence-electron chi connectivity index (χ1n) is 8.61. The van der Waals surface area contributed by atoms with Gasteiger partial charge in [-0.1, -0.05) is 57.0 Å². The molecular weight excluding hydrogens is 362 g/mol. The number of alkyl carbamates (subject to hydrolysis) is 1. The Bertz CT molecular complexity index is 670. The summed E-state index contributed by atoms with van der Waals surface area (Å²) in [5.41, 5.74) is 0.373. The van der Waals surface area contributed by atoms with Crippen molar-refractivity contribution in [3.05, 3.63) is 35.9 Å². The van der Waals surface area contributed by atoms with E-state index in [1.54, 1.807) is 0 Å². The number of hydrogen-bond acceptors (Lipinski definition) is 4. The quantitative estimate of drug-likeness (QED) is 0.716. The van der Waals surface area contributed by atoms with Crippen LogP contribution in [0.1, 0.15) is 45.1 Å². The molecule has 1 N–H and O–H groups in total. The molecule has 1 unspecified atom stereocenters. The summed E-state index contributed by atoms with van der Waals surface area (Å²) in [5.74, 6) is -0.0515. The van der Waals surface area contributed by atoms with Gasteiger partial charge >= 0.3 is 6.09 Å². The van der Waals surface area contributed by atoms with Gasteiger partial charge in [-0.05, 0) is 24.3 Å².